The molecule has 246 valence electrons. The van der Waals surface area contributed by atoms with E-state index in [0.717, 1.165) is 18.4 Å². The first-order chi connectivity index (χ1) is 22.0. The molecule has 1 saturated heterocycles. The van der Waals surface area contributed by atoms with Crippen LogP contribution in [-0.4, -0.2) is 51.6 Å². The van der Waals surface area contributed by atoms with Crippen LogP contribution < -0.4 is 5.32 Å². The number of hydrogen-bond donors (Lipinski definition) is 1. The van der Waals surface area contributed by atoms with Gasteiger partial charge in [0.25, 0.3) is 0 Å². The minimum Gasteiger partial charge on any atom is -0.465 e. The predicted octanol–water partition coefficient (Wildman–Crippen LogP) is 8.64. The lowest BCUT2D eigenvalue weighted by atomic mass is 9.79. The molecule has 1 aliphatic rings. The van der Waals surface area contributed by atoms with Crippen molar-refractivity contribution in [2.75, 3.05) is 19.0 Å². The average Bonchev–Trinajstić information content (AvgIpc) is 3.58. The SMILES string of the molecule is CC.COC(=O)c1ccc2c(c1)ncn2CC[C@H]1CC(c2cccc(C)c2F)[C@](C)(C(=O)Nc2cccc(Cl)c2)N1CCC(C)C. The van der Waals surface area contributed by atoms with Crippen molar-refractivity contribution in [3.63, 3.8) is 0 Å². The normalized spacial score (nSPS) is 19.6. The van der Waals surface area contributed by atoms with Crippen molar-refractivity contribution < 1.29 is 18.7 Å². The van der Waals surface area contributed by atoms with Gasteiger partial charge in [-0.05, 0) is 93.1 Å². The Bertz CT molecular complexity index is 1670. The summed E-state index contributed by atoms with van der Waals surface area (Å²) in [4.78, 5) is 33.2. The fourth-order valence-corrected chi connectivity index (χ4v) is 6.74. The summed E-state index contributed by atoms with van der Waals surface area (Å²) in [6.07, 6.45) is 4.02. The lowest BCUT2D eigenvalue weighted by Crippen LogP contribution is -2.56. The summed E-state index contributed by atoms with van der Waals surface area (Å²) in [5.74, 6) is -0.794. The number of hydrogen-bond acceptors (Lipinski definition) is 5. The van der Waals surface area contributed by atoms with Crippen LogP contribution >= 0.6 is 11.6 Å². The van der Waals surface area contributed by atoms with Gasteiger partial charge in [-0.15, -0.1) is 0 Å². The third-order valence-corrected chi connectivity index (χ3v) is 9.29. The zero-order valence-electron chi connectivity index (χ0n) is 27.9. The Morgan fingerprint density at radius 2 is 1.85 bits per heavy atom. The van der Waals surface area contributed by atoms with Gasteiger partial charge in [-0.1, -0.05) is 63.6 Å². The highest BCUT2D eigenvalue weighted by Crippen LogP contribution is 2.48. The Hall–Kier alpha value is -3.75. The minimum absolute atomic E-state index is 0.000524. The van der Waals surface area contributed by atoms with E-state index in [1.54, 1.807) is 49.6 Å². The highest BCUT2D eigenvalue weighted by Gasteiger charge is 2.55. The molecular formula is C37H46ClFN4O3. The van der Waals surface area contributed by atoms with Gasteiger partial charge in [-0.25, -0.2) is 14.2 Å². The van der Waals surface area contributed by atoms with Crippen LogP contribution in [-0.2, 0) is 16.1 Å². The molecule has 0 aliphatic carbocycles. The Morgan fingerprint density at radius 1 is 1.11 bits per heavy atom. The molecule has 5 rings (SSSR count). The van der Waals surface area contributed by atoms with E-state index in [9.17, 15) is 9.59 Å². The molecule has 0 bridgehead atoms. The number of nitrogens with zero attached hydrogens (tertiary/aromatic N) is 3. The lowest BCUT2D eigenvalue weighted by Gasteiger charge is -2.40. The topological polar surface area (TPSA) is 76.5 Å². The molecule has 1 aromatic heterocycles. The maximum atomic E-state index is 15.8. The van der Waals surface area contributed by atoms with Gasteiger partial charge in [-0.2, -0.15) is 0 Å². The zero-order valence-corrected chi connectivity index (χ0v) is 28.7. The molecule has 0 saturated carbocycles. The first-order valence-electron chi connectivity index (χ1n) is 16.1. The number of carbonyl (C=O) groups excluding carboxylic acids is 2. The van der Waals surface area contributed by atoms with Gasteiger partial charge in [0.05, 0.1) is 30.0 Å². The van der Waals surface area contributed by atoms with Gasteiger partial charge in [0.15, 0.2) is 0 Å². The van der Waals surface area contributed by atoms with Crippen LogP contribution in [0.4, 0.5) is 10.1 Å². The number of rotatable bonds is 10. The van der Waals surface area contributed by atoms with Crippen LogP contribution in [0.25, 0.3) is 11.0 Å². The molecular weight excluding hydrogens is 603 g/mol. The van der Waals surface area contributed by atoms with E-state index < -0.39 is 11.5 Å². The minimum atomic E-state index is -1.02. The first-order valence-corrected chi connectivity index (χ1v) is 16.5. The number of ether oxygens (including phenoxy) is 1. The molecule has 1 fully saturated rings. The van der Waals surface area contributed by atoms with E-state index >= 15 is 4.39 Å². The molecule has 46 heavy (non-hydrogen) atoms. The monoisotopic (exact) mass is 648 g/mol. The number of aryl methyl sites for hydroxylation is 2. The number of benzene rings is 3. The standard InChI is InChI=1S/C35H40ClFN4O3.C2H6/c1-22(2)14-17-41-27(15-16-40-21-38-30-18-24(33(42)44-5)12-13-31(30)40)20-29(28-11-6-8-23(3)32(28)37)35(41,4)34(43)39-26-10-7-9-25(36)19-26;1-2/h6-13,18-19,21-22,27,29H,14-17,20H2,1-5H3,(H,39,43);1-2H3/t27-,29?,35+;/m0./s1. The zero-order chi connectivity index (χ0) is 33.6. The molecule has 2 heterocycles. The summed E-state index contributed by atoms with van der Waals surface area (Å²) in [5.41, 5.74) is 2.78. The molecule has 7 nitrogen and oxygen atoms in total. The highest BCUT2D eigenvalue weighted by atomic mass is 35.5. The second-order valence-corrected chi connectivity index (χ2v) is 12.8. The summed E-state index contributed by atoms with van der Waals surface area (Å²) in [7, 11) is 1.36. The predicted molar refractivity (Wildman–Crippen MR) is 184 cm³/mol. The molecule has 1 N–H and O–H groups in total. The van der Waals surface area contributed by atoms with Gasteiger partial charge >= 0.3 is 5.97 Å². The third-order valence-electron chi connectivity index (χ3n) is 9.06. The molecule has 0 radical (unpaired) electrons. The van der Waals surface area contributed by atoms with Crippen LogP contribution in [0.5, 0.6) is 0 Å². The molecule has 3 aromatic carbocycles. The van der Waals surface area contributed by atoms with Gasteiger partial charge < -0.3 is 14.6 Å². The number of amides is 1. The summed E-state index contributed by atoms with van der Waals surface area (Å²) in [6, 6.07) is 17.9. The van der Waals surface area contributed by atoms with E-state index in [1.165, 1.54) is 7.11 Å². The van der Waals surface area contributed by atoms with Crippen molar-refractivity contribution in [1.82, 2.24) is 14.5 Å². The van der Waals surface area contributed by atoms with Gasteiger partial charge in [-0.3, -0.25) is 9.69 Å². The summed E-state index contributed by atoms with van der Waals surface area (Å²) in [5, 5.41) is 3.64. The number of halogens is 2. The quantitative estimate of drug-likeness (QED) is 0.174. The molecule has 1 unspecified atom stereocenters. The van der Waals surface area contributed by atoms with E-state index in [-0.39, 0.29) is 23.7 Å². The summed E-state index contributed by atoms with van der Waals surface area (Å²) in [6.45, 7) is 13.4. The van der Waals surface area contributed by atoms with Crippen molar-refractivity contribution in [3.05, 3.63) is 94.5 Å². The Kier molecular flexibility index (Phi) is 11.6. The maximum Gasteiger partial charge on any atom is 0.337 e. The fraction of sp³-hybridized carbons (Fsp3) is 0.432. The van der Waals surface area contributed by atoms with Crippen LogP contribution in [0, 0.1) is 18.7 Å². The molecule has 4 aromatic rings. The van der Waals surface area contributed by atoms with Crippen LogP contribution in [0.2, 0.25) is 5.02 Å². The third kappa shape index (κ3) is 7.29. The number of fused-ring (bicyclic) bond motifs is 1. The van der Waals surface area contributed by atoms with E-state index in [2.05, 4.69) is 33.6 Å². The van der Waals surface area contributed by atoms with E-state index in [0.29, 0.717) is 58.3 Å². The van der Waals surface area contributed by atoms with Crippen LogP contribution in [0.15, 0.2) is 67.0 Å². The second-order valence-electron chi connectivity index (χ2n) is 12.3. The molecule has 3 atom stereocenters. The molecule has 1 aliphatic heterocycles. The van der Waals surface area contributed by atoms with Crippen molar-refractivity contribution in [2.45, 2.75) is 84.8 Å². The van der Waals surface area contributed by atoms with Crippen molar-refractivity contribution in [2.24, 2.45) is 5.92 Å². The maximum absolute atomic E-state index is 15.8. The summed E-state index contributed by atoms with van der Waals surface area (Å²) < 4.78 is 22.7. The number of esters is 1. The van der Waals surface area contributed by atoms with E-state index in [4.69, 9.17) is 16.3 Å². The fourth-order valence-electron chi connectivity index (χ4n) is 6.55. The highest BCUT2D eigenvalue weighted by molar-refractivity contribution is 6.30. The lowest BCUT2D eigenvalue weighted by molar-refractivity contribution is -0.127. The second kappa shape index (κ2) is 15.2. The Labute approximate surface area is 277 Å². The summed E-state index contributed by atoms with van der Waals surface area (Å²) >= 11 is 6.24. The van der Waals surface area contributed by atoms with E-state index in [1.807, 2.05) is 45.0 Å². The van der Waals surface area contributed by atoms with Gasteiger partial charge in [0.2, 0.25) is 5.91 Å². The number of imidazole rings is 1. The Balaban J connectivity index is 0.00000235. The van der Waals surface area contributed by atoms with Crippen molar-refractivity contribution in [1.29, 1.82) is 0 Å². The molecule has 9 heteroatoms. The molecule has 0 spiro atoms. The largest absolute Gasteiger partial charge is 0.465 e. The van der Waals surface area contributed by atoms with Crippen LogP contribution in [0.3, 0.4) is 0 Å². The van der Waals surface area contributed by atoms with Crippen molar-refractivity contribution in [3.8, 4) is 0 Å². The van der Waals surface area contributed by atoms with Gasteiger partial charge in [0.1, 0.15) is 11.4 Å². The number of methoxy groups -OCH3 is 1. The van der Waals surface area contributed by atoms with Crippen molar-refractivity contribution >= 4 is 40.2 Å². The first kappa shape index (κ1) is 35.1. The average molecular weight is 649 g/mol. The number of likely N-dealkylation sites (tertiary alicyclic amines) is 1. The number of anilines is 1. The Morgan fingerprint density at radius 3 is 2.54 bits per heavy atom. The smallest absolute Gasteiger partial charge is 0.337 e. The number of aromatic nitrogens is 2. The number of nitrogens with one attached hydrogen (secondary N) is 1. The molecule has 1 amide bonds. The van der Waals surface area contributed by atoms with Crippen LogP contribution in [0.1, 0.15) is 81.3 Å². The number of carbonyl (C=O) groups is 2. The van der Waals surface area contributed by atoms with Gasteiger partial charge in [0, 0.05) is 29.2 Å².